The molecule has 0 bridgehead atoms. The van der Waals surface area contributed by atoms with Gasteiger partial charge in [0, 0.05) is 11.1 Å². The number of rotatable bonds is 7. The molecule has 1 aromatic heterocycles. The second-order valence-electron chi connectivity index (χ2n) is 8.43. The van der Waals surface area contributed by atoms with Crippen LogP contribution in [0.25, 0.3) is 10.8 Å². The minimum absolute atomic E-state index is 0.0252. The van der Waals surface area contributed by atoms with Gasteiger partial charge < -0.3 is 15.4 Å². The normalized spacial score (nSPS) is 17.8. The van der Waals surface area contributed by atoms with Crippen molar-refractivity contribution in [3.63, 3.8) is 0 Å². The third-order valence-corrected chi connectivity index (χ3v) is 7.18. The van der Waals surface area contributed by atoms with E-state index in [4.69, 9.17) is 4.74 Å². The molecule has 6 heteroatoms. The lowest BCUT2D eigenvalue weighted by atomic mass is 10.1. The lowest BCUT2D eigenvalue weighted by Gasteiger charge is -2.21. The van der Waals surface area contributed by atoms with Crippen molar-refractivity contribution in [3.8, 4) is 0 Å². The fourth-order valence-corrected chi connectivity index (χ4v) is 5.29. The van der Waals surface area contributed by atoms with E-state index < -0.39 is 0 Å². The van der Waals surface area contributed by atoms with Crippen molar-refractivity contribution in [1.82, 2.24) is 10.3 Å². The molecule has 0 spiro atoms. The largest absolute Gasteiger partial charge is 0.371 e. The zero-order chi connectivity index (χ0) is 22.6. The Labute approximate surface area is 197 Å². The number of nitrogens with one attached hydrogen (secondary N) is 2. The molecule has 1 aliphatic carbocycles. The second kappa shape index (κ2) is 9.73. The van der Waals surface area contributed by atoms with Crippen molar-refractivity contribution >= 4 is 38.8 Å². The van der Waals surface area contributed by atoms with Crippen molar-refractivity contribution < 1.29 is 9.53 Å². The molecule has 1 saturated carbocycles. The summed E-state index contributed by atoms with van der Waals surface area (Å²) in [5.74, 6) is -0.0730. The Morgan fingerprint density at radius 2 is 1.82 bits per heavy atom. The molecule has 1 amide bonds. The van der Waals surface area contributed by atoms with E-state index in [0.29, 0.717) is 11.5 Å². The molecule has 0 saturated heterocycles. The first-order chi connectivity index (χ1) is 16.2. The molecule has 2 atom stereocenters. The first-order valence-electron chi connectivity index (χ1n) is 11.4. The summed E-state index contributed by atoms with van der Waals surface area (Å²) in [7, 11) is 0. The average Bonchev–Trinajstić information content (AvgIpc) is 3.44. The number of fused-ring (bicyclic) bond motifs is 1. The van der Waals surface area contributed by atoms with Crippen LogP contribution in [0.15, 0.2) is 72.8 Å². The Balaban J connectivity index is 1.25. The molecule has 4 aromatic rings. The van der Waals surface area contributed by atoms with Gasteiger partial charge in [-0.3, -0.25) is 4.79 Å². The molecule has 0 unspecified atom stereocenters. The molecular formula is C27H27N3O2S. The standard InChI is InChI=1S/C27H27N3O2S/c1-18-25(33-27(28-18)30-22-14-7-12-20-11-5-6-13-21(20)22)26(31)29-23-15-8-16-24(23)32-17-19-9-3-2-4-10-19/h2-7,9-14,23-24H,8,15-17H2,1H3,(H,28,30)(H,29,31)/t23-,24-/m0/s1. The molecule has 5 rings (SSSR count). The van der Waals surface area contributed by atoms with Gasteiger partial charge >= 0.3 is 0 Å². The van der Waals surface area contributed by atoms with Gasteiger partial charge in [-0.15, -0.1) is 0 Å². The van der Waals surface area contributed by atoms with Gasteiger partial charge in [0.15, 0.2) is 5.13 Å². The highest BCUT2D eigenvalue weighted by Gasteiger charge is 2.30. The van der Waals surface area contributed by atoms with Crippen LogP contribution in [0.3, 0.4) is 0 Å². The first-order valence-corrected chi connectivity index (χ1v) is 12.2. The highest BCUT2D eigenvalue weighted by molar-refractivity contribution is 7.17. The van der Waals surface area contributed by atoms with Crippen LogP contribution in [0.4, 0.5) is 10.8 Å². The maximum atomic E-state index is 13.1. The van der Waals surface area contributed by atoms with Gasteiger partial charge in [0.1, 0.15) is 4.88 Å². The fourth-order valence-electron chi connectivity index (χ4n) is 4.41. The predicted molar refractivity (Wildman–Crippen MR) is 134 cm³/mol. The van der Waals surface area contributed by atoms with Crippen molar-refractivity contribution in [2.45, 2.75) is 44.9 Å². The monoisotopic (exact) mass is 457 g/mol. The van der Waals surface area contributed by atoms with Gasteiger partial charge in [-0.05, 0) is 43.2 Å². The molecular weight excluding hydrogens is 430 g/mol. The Morgan fingerprint density at radius 1 is 1.03 bits per heavy atom. The molecule has 3 aromatic carbocycles. The number of carbonyl (C=O) groups excluding carboxylic acids is 1. The van der Waals surface area contributed by atoms with Crippen LogP contribution < -0.4 is 10.6 Å². The SMILES string of the molecule is Cc1nc(Nc2cccc3ccccc23)sc1C(=O)N[C@H]1CCC[C@@H]1OCc1ccccc1. The maximum Gasteiger partial charge on any atom is 0.263 e. The molecule has 1 aliphatic rings. The van der Waals surface area contributed by atoms with Crippen LogP contribution in [0.2, 0.25) is 0 Å². The fraction of sp³-hybridized carbons (Fsp3) is 0.259. The van der Waals surface area contributed by atoms with Crippen molar-refractivity contribution in [1.29, 1.82) is 0 Å². The van der Waals surface area contributed by atoms with Gasteiger partial charge in [0.25, 0.3) is 5.91 Å². The number of aryl methyl sites for hydroxylation is 1. The van der Waals surface area contributed by atoms with Crippen LogP contribution in [-0.4, -0.2) is 23.0 Å². The van der Waals surface area contributed by atoms with E-state index in [1.54, 1.807) is 0 Å². The Morgan fingerprint density at radius 3 is 2.70 bits per heavy atom. The Bertz CT molecular complexity index is 1250. The number of benzene rings is 3. The quantitative estimate of drug-likeness (QED) is 0.346. The summed E-state index contributed by atoms with van der Waals surface area (Å²) in [6.45, 7) is 2.45. The number of hydrogen-bond donors (Lipinski definition) is 2. The minimum Gasteiger partial charge on any atom is -0.371 e. The van der Waals surface area contributed by atoms with E-state index >= 15 is 0 Å². The average molecular weight is 458 g/mol. The number of amides is 1. The van der Waals surface area contributed by atoms with E-state index in [-0.39, 0.29) is 18.1 Å². The van der Waals surface area contributed by atoms with E-state index in [0.717, 1.165) is 52.1 Å². The molecule has 2 N–H and O–H groups in total. The summed E-state index contributed by atoms with van der Waals surface area (Å²) in [6, 6.07) is 24.6. The maximum absolute atomic E-state index is 13.1. The Kier molecular flexibility index (Phi) is 6.37. The number of anilines is 2. The second-order valence-corrected chi connectivity index (χ2v) is 9.43. The summed E-state index contributed by atoms with van der Waals surface area (Å²) in [4.78, 5) is 18.4. The van der Waals surface area contributed by atoms with Crippen LogP contribution in [0, 0.1) is 6.92 Å². The number of thiazole rings is 1. The number of carbonyl (C=O) groups is 1. The summed E-state index contributed by atoms with van der Waals surface area (Å²) >= 11 is 1.39. The van der Waals surface area contributed by atoms with Crippen LogP contribution in [-0.2, 0) is 11.3 Å². The third kappa shape index (κ3) is 4.92. The molecule has 0 aliphatic heterocycles. The number of aromatic nitrogens is 1. The zero-order valence-electron chi connectivity index (χ0n) is 18.6. The minimum atomic E-state index is -0.0730. The van der Waals surface area contributed by atoms with Gasteiger partial charge in [0.05, 0.1) is 24.4 Å². The van der Waals surface area contributed by atoms with E-state index in [9.17, 15) is 4.79 Å². The van der Waals surface area contributed by atoms with E-state index in [1.807, 2.05) is 49.4 Å². The van der Waals surface area contributed by atoms with E-state index in [2.05, 4.69) is 45.9 Å². The van der Waals surface area contributed by atoms with Gasteiger partial charge in [0.2, 0.25) is 0 Å². The predicted octanol–water partition coefficient (Wildman–Crippen LogP) is 6.22. The van der Waals surface area contributed by atoms with Gasteiger partial charge in [-0.2, -0.15) is 0 Å². The van der Waals surface area contributed by atoms with Gasteiger partial charge in [-0.25, -0.2) is 4.98 Å². The number of hydrogen-bond acceptors (Lipinski definition) is 5. The molecule has 0 radical (unpaired) electrons. The molecule has 1 fully saturated rings. The van der Waals surface area contributed by atoms with Crippen LogP contribution in [0.5, 0.6) is 0 Å². The third-order valence-electron chi connectivity index (χ3n) is 6.11. The molecule has 168 valence electrons. The first kappa shape index (κ1) is 21.6. The lowest BCUT2D eigenvalue weighted by molar-refractivity contribution is 0.0272. The summed E-state index contributed by atoms with van der Waals surface area (Å²) < 4.78 is 6.15. The lowest BCUT2D eigenvalue weighted by Crippen LogP contribution is -2.41. The molecule has 1 heterocycles. The topological polar surface area (TPSA) is 63.2 Å². The van der Waals surface area contributed by atoms with Gasteiger partial charge in [-0.1, -0.05) is 78.1 Å². The zero-order valence-corrected chi connectivity index (χ0v) is 19.4. The highest BCUT2D eigenvalue weighted by atomic mass is 32.1. The van der Waals surface area contributed by atoms with E-state index in [1.165, 1.54) is 11.3 Å². The molecule has 5 nitrogen and oxygen atoms in total. The summed E-state index contributed by atoms with van der Waals surface area (Å²) in [5.41, 5.74) is 2.87. The number of nitrogens with zero attached hydrogens (tertiary/aromatic N) is 1. The highest BCUT2D eigenvalue weighted by Crippen LogP contribution is 2.31. The number of ether oxygens (including phenoxy) is 1. The van der Waals surface area contributed by atoms with Crippen LogP contribution in [0.1, 0.15) is 40.2 Å². The van der Waals surface area contributed by atoms with Crippen molar-refractivity contribution in [3.05, 3.63) is 88.9 Å². The van der Waals surface area contributed by atoms with Crippen molar-refractivity contribution in [2.24, 2.45) is 0 Å². The van der Waals surface area contributed by atoms with Crippen molar-refractivity contribution in [2.75, 3.05) is 5.32 Å². The molecule has 33 heavy (non-hydrogen) atoms. The van der Waals surface area contributed by atoms with Crippen LogP contribution >= 0.6 is 11.3 Å². The smallest absolute Gasteiger partial charge is 0.263 e. The summed E-state index contributed by atoms with van der Waals surface area (Å²) in [6.07, 6.45) is 2.99. The Hall–Kier alpha value is -3.22. The summed E-state index contributed by atoms with van der Waals surface area (Å²) in [5, 5.41) is 9.63.